The number of ether oxygens (including phenoxy) is 2. The van der Waals surface area contributed by atoms with Crippen molar-refractivity contribution in [2.75, 3.05) is 18.1 Å². The lowest BCUT2D eigenvalue weighted by Gasteiger charge is -2.14. The molecule has 0 aromatic heterocycles. The Balaban J connectivity index is 1.43. The van der Waals surface area contributed by atoms with Crippen LogP contribution in [0.25, 0.3) is 6.08 Å². The molecule has 1 amide bonds. The number of thioether (sulfide) groups is 1. The fourth-order valence-electron chi connectivity index (χ4n) is 2.98. The van der Waals surface area contributed by atoms with Crippen molar-refractivity contribution in [3.8, 4) is 11.5 Å². The second kappa shape index (κ2) is 10.1. The lowest BCUT2D eigenvalue weighted by molar-refractivity contribution is -0.113. The number of rotatable bonds is 7. The van der Waals surface area contributed by atoms with Gasteiger partial charge in [0.25, 0.3) is 5.91 Å². The molecule has 1 heterocycles. The highest BCUT2D eigenvalue weighted by molar-refractivity contribution is 9.10. The number of hydrogen-bond donors (Lipinski definition) is 0. The van der Waals surface area contributed by atoms with Crippen molar-refractivity contribution in [2.24, 2.45) is 0 Å². The molecule has 4 rings (SSSR count). The highest BCUT2D eigenvalue weighted by Crippen LogP contribution is 2.37. The van der Waals surface area contributed by atoms with Crippen molar-refractivity contribution in [3.05, 3.63) is 93.8 Å². The fraction of sp³-hybridized carbons (Fsp3) is 0.0833. The maximum Gasteiger partial charge on any atom is 0.270 e. The van der Waals surface area contributed by atoms with E-state index in [1.807, 2.05) is 84.9 Å². The molecule has 3 aromatic rings. The quantitative estimate of drug-likeness (QED) is 0.211. The molecule has 0 unspecified atom stereocenters. The van der Waals surface area contributed by atoms with Gasteiger partial charge in [0.05, 0.1) is 10.6 Å². The second-order valence-corrected chi connectivity index (χ2v) is 9.13. The van der Waals surface area contributed by atoms with E-state index in [1.54, 1.807) is 4.90 Å². The van der Waals surface area contributed by atoms with Gasteiger partial charge in [-0.15, -0.1) is 0 Å². The topological polar surface area (TPSA) is 38.8 Å². The Bertz CT molecular complexity index is 1120. The average molecular weight is 512 g/mol. The first-order chi connectivity index (χ1) is 15.1. The minimum Gasteiger partial charge on any atom is -0.490 e. The van der Waals surface area contributed by atoms with Gasteiger partial charge < -0.3 is 9.47 Å². The highest BCUT2D eigenvalue weighted by Gasteiger charge is 2.33. The second-order valence-electron chi connectivity index (χ2n) is 6.54. The maximum atomic E-state index is 13.0. The number of carbonyl (C=O) groups excluding carboxylic acids is 1. The summed E-state index contributed by atoms with van der Waals surface area (Å²) in [5, 5.41) is 0. The first-order valence-electron chi connectivity index (χ1n) is 9.55. The van der Waals surface area contributed by atoms with Crippen LogP contribution in [0.15, 0.2) is 88.2 Å². The maximum absolute atomic E-state index is 13.0. The number of halogens is 1. The van der Waals surface area contributed by atoms with Gasteiger partial charge in [-0.1, -0.05) is 76.3 Å². The largest absolute Gasteiger partial charge is 0.490 e. The van der Waals surface area contributed by atoms with Gasteiger partial charge in [0.2, 0.25) is 0 Å². The molecule has 0 aliphatic carbocycles. The van der Waals surface area contributed by atoms with Crippen LogP contribution in [0.1, 0.15) is 5.56 Å². The number of thiocarbonyl (C=S) groups is 1. The zero-order chi connectivity index (χ0) is 21.6. The molecule has 0 bridgehead atoms. The minimum absolute atomic E-state index is 0.130. The average Bonchev–Trinajstić information content (AvgIpc) is 3.07. The van der Waals surface area contributed by atoms with Crippen LogP contribution < -0.4 is 14.4 Å². The summed E-state index contributed by atoms with van der Waals surface area (Å²) in [4.78, 5) is 15.1. The molecular formula is C24H18BrNO3S2. The van der Waals surface area contributed by atoms with E-state index in [0.29, 0.717) is 28.2 Å². The number of carbonyl (C=O) groups is 1. The Morgan fingerprint density at radius 1 is 0.903 bits per heavy atom. The zero-order valence-electron chi connectivity index (χ0n) is 16.4. The summed E-state index contributed by atoms with van der Waals surface area (Å²) in [7, 11) is 0. The molecule has 7 heteroatoms. The van der Waals surface area contributed by atoms with Gasteiger partial charge >= 0.3 is 0 Å². The molecule has 1 fully saturated rings. The standard InChI is InChI=1S/C24H18BrNO3S2/c25-18-10-12-20(13-11-18)28-14-15-29-21-9-5-4-6-17(21)16-22-23(27)26(24(30)31-22)19-7-2-1-3-8-19/h1-13,16H,14-15H2/b22-16-. The van der Waals surface area contributed by atoms with E-state index < -0.39 is 0 Å². The summed E-state index contributed by atoms with van der Waals surface area (Å²) in [6.45, 7) is 0.790. The molecule has 0 saturated carbocycles. The summed E-state index contributed by atoms with van der Waals surface area (Å²) < 4.78 is 13.1. The molecular weight excluding hydrogens is 494 g/mol. The van der Waals surface area contributed by atoms with Gasteiger partial charge in [-0.2, -0.15) is 0 Å². The third-order valence-electron chi connectivity index (χ3n) is 4.44. The van der Waals surface area contributed by atoms with E-state index in [-0.39, 0.29) is 5.91 Å². The van der Waals surface area contributed by atoms with Crippen molar-refractivity contribution in [3.63, 3.8) is 0 Å². The molecule has 3 aromatic carbocycles. The highest BCUT2D eigenvalue weighted by atomic mass is 79.9. The lowest BCUT2D eigenvalue weighted by Crippen LogP contribution is -2.27. The summed E-state index contributed by atoms with van der Waals surface area (Å²) in [5.41, 5.74) is 1.59. The van der Waals surface area contributed by atoms with E-state index in [1.165, 1.54) is 11.8 Å². The first kappa shape index (κ1) is 21.6. The summed E-state index contributed by atoms with van der Waals surface area (Å²) in [6, 6.07) is 24.7. The smallest absolute Gasteiger partial charge is 0.270 e. The van der Waals surface area contributed by atoms with Crippen LogP contribution in [0.4, 0.5) is 5.69 Å². The van der Waals surface area contributed by atoms with Gasteiger partial charge in [-0.3, -0.25) is 9.69 Å². The molecule has 1 aliphatic heterocycles. The van der Waals surface area contributed by atoms with E-state index in [4.69, 9.17) is 21.7 Å². The van der Waals surface area contributed by atoms with Crippen LogP contribution >= 0.6 is 39.9 Å². The molecule has 156 valence electrons. The molecule has 0 N–H and O–H groups in total. The number of hydrogen-bond acceptors (Lipinski definition) is 5. The SMILES string of the molecule is O=C1/C(=C/c2ccccc2OCCOc2ccc(Br)cc2)SC(=S)N1c1ccccc1. The molecule has 4 nitrogen and oxygen atoms in total. The predicted molar refractivity (Wildman–Crippen MR) is 134 cm³/mol. The molecule has 0 radical (unpaired) electrons. The third-order valence-corrected chi connectivity index (χ3v) is 6.27. The van der Waals surface area contributed by atoms with Crippen LogP contribution in [0.3, 0.4) is 0 Å². The molecule has 1 aliphatic rings. The monoisotopic (exact) mass is 511 g/mol. The summed E-state index contributed by atoms with van der Waals surface area (Å²) in [5.74, 6) is 1.34. The Morgan fingerprint density at radius 3 is 2.35 bits per heavy atom. The number of amides is 1. The van der Waals surface area contributed by atoms with E-state index in [2.05, 4.69) is 15.9 Å². The van der Waals surface area contributed by atoms with E-state index >= 15 is 0 Å². The lowest BCUT2D eigenvalue weighted by atomic mass is 10.2. The van der Waals surface area contributed by atoms with Gasteiger partial charge in [-0.05, 0) is 48.5 Å². The van der Waals surface area contributed by atoms with Crippen LogP contribution in [-0.4, -0.2) is 23.4 Å². The predicted octanol–water partition coefficient (Wildman–Crippen LogP) is 6.31. The first-order valence-corrected chi connectivity index (χ1v) is 11.6. The zero-order valence-corrected chi connectivity index (χ0v) is 19.6. The van der Waals surface area contributed by atoms with Crippen molar-refractivity contribution in [1.82, 2.24) is 0 Å². The number of anilines is 1. The van der Waals surface area contributed by atoms with Crippen molar-refractivity contribution >= 4 is 61.9 Å². The Morgan fingerprint density at radius 2 is 1.58 bits per heavy atom. The third kappa shape index (κ3) is 5.36. The van der Waals surface area contributed by atoms with Crippen LogP contribution in [0.5, 0.6) is 11.5 Å². The van der Waals surface area contributed by atoms with Gasteiger partial charge in [0.15, 0.2) is 4.32 Å². The summed E-state index contributed by atoms with van der Waals surface area (Å²) in [6.07, 6.45) is 1.83. The minimum atomic E-state index is -0.130. The molecule has 0 spiro atoms. The molecule has 0 atom stereocenters. The van der Waals surface area contributed by atoms with Gasteiger partial charge in [-0.25, -0.2) is 0 Å². The molecule has 1 saturated heterocycles. The Hall–Kier alpha value is -2.61. The van der Waals surface area contributed by atoms with Crippen molar-refractivity contribution < 1.29 is 14.3 Å². The van der Waals surface area contributed by atoms with E-state index in [0.717, 1.165) is 21.5 Å². The van der Waals surface area contributed by atoms with Gasteiger partial charge in [0.1, 0.15) is 24.7 Å². The summed E-state index contributed by atoms with van der Waals surface area (Å²) >= 11 is 10.1. The molecule has 31 heavy (non-hydrogen) atoms. The van der Waals surface area contributed by atoms with E-state index in [9.17, 15) is 4.79 Å². The van der Waals surface area contributed by atoms with Crippen molar-refractivity contribution in [1.29, 1.82) is 0 Å². The van der Waals surface area contributed by atoms with Crippen LogP contribution in [-0.2, 0) is 4.79 Å². The van der Waals surface area contributed by atoms with Crippen molar-refractivity contribution in [2.45, 2.75) is 0 Å². The van der Waals surface area contributed by atoms with Gasteiger partial charge in [0, 0.05) is 10.0 Å². The number of nitrogens with zero attached hydrogens (tertiary/aromatic N) is 1. The number of benzene rings is 3. The normalized spacial score (nSPS) is 14.9. The Kier molecular flexibility index (Phi) is 7.06. The van der Waals surface area contributed by atoms with Crippen LogP contribution in [0, 0.1) is 0 Å². The Labute approximate surface area is 199 Å². The number of para-hydroxylation sites is 2. The van der Waals surface area contributed by atoms with Crippen LogP contribution in [0.2, 0.25) is 0 Å². The fourth-order valence-corrected chi connectivity index (χ4v) is 4.54.